The van der Waals surface area contributed by atoms with Crippen molar-refractivity contribution in [1.29, 1.82) is 0 Å². The minimum Gasteiger partial charge on any atom is -0.481 e. The highest BCUT2D eigenvalue weighted by atomic mass is 32.2. The monoisotopic (exact) mass is 491 g/mol. The number of thioether (sulfide) groups is 1. The van der Waals surface area contributed by atoms with Gasteiger partial charge in [-0.15, -0.1) is 0 Å². The normalized spacial score (nSPS) is 15.3. The van der Waals surface area contributed by atoms with Crippen LogP contribution in [0.3, 0.4) is 0 Å². The van der Waals surface area contributed by atoms with Gasteiger partial charge in [0.05, 0.1) is 18.9 Å². The highest BCUT2D eigenvalue weighted by Crippen LogP contribution is 2.10. The third-order valence-electron chi connectivity index (χ3n) is 4.79. The number of hydrogen-bond donors (Lipinski definition) is 7. The molecule has 0 aliphatic heterocycles. The van der Waals surface area contributed by atoms with Crippen molar-refractivity contribution in [2.24, 2.45) is 17.4 Å². The zero-order chi connectivity index (χ0) is 25.7. The molecule has 188 valence electrons. The fourth-order valence-electron chi connectivity index (χ4n) is 2.68. The van der Waals surface area contributed by atoms with E-state index in [2.05, 4.69) is 16.0 Å². The Labute approximate surface area is 195 Å². The lowest BCUT2D eigenvalue weighted by Gasteiger charge is -2.27. The average Bonchev–Trinajstić information content (AvgIpc) is 2.72. The highest BCUT2D eigenvalue weighted by molar-refractivity contribution is 7.98. The lowest BCUT2D eigenvalue weighted by Crippen LogP contribution is -2.59. The average molecular weight is 492 g/mol. The molecule has 0 spiro atoms. The molecule has 14 heteroatoms. The number of hydrogen-bond acceptors (Lipinski definition) is 8. The first-order valence-corrected chi connectivity index (χ1v) is 11.6. The van der Waals surface area contributed by atoms with Gasteiger partial charge in [-0.25, -0.2) is 4.79 Å². The van der Waals surface area contributed by atoms with E-state index in [1.165, 1.54) is 11.8 Å². The van der Waals surface area contributed by atoms with Crippen molar-refractivity contribution >= 4 is 47.3 Å². The molecule has 0 fully saturated rings. The van der Waals surface area contributed by atoms with Crippen LogP contribution in [0.15, 0.2) is 0 Å². The Morgan fingerprint density at radius 1 is 0.909 bits per heavy atom. The number of primary amides is 1. The minimum atomic E-state index is -1.48. The van der Waals surface area contributed by atoms with E-state index in [9.17, 15) is 33.9 Å². The van der Waals surface area contributed by atoms with Crippen molar-refractivity contribution in [1.82, 2.24) is 16.0 Å². The maximum Gasteiger partial charge on any atom is 0.326 e. The minimum absolute atomic E-state index is 0.118. The van der Waals surface area contributed by atoms with Crippen LogP contribution in [0.2, 0.25) is 0 Å². The molecule has 5 unspecified atom stereocenters. The molecule has 0 aliphatic carbocycles. The van der Waals surface area contributed by atoms with E-state index in [0.29, 0.717) is 12.2 Å². The SMILES string of the molecule is CCC(C)C(NC(=O)C(N)CC(=O)O)C(=O)NC(CC(N)=O)C(=O)NC(CCSC)C(=O)O. The molecule has 0 bridgehead atoms. The second-order valence-electron chi connectivity index (χ2n) is 7.49. The highest BCUT2D eigenvalue weighted by Gasteiger charge is 2.33. The lowest BCUT2D eigenvalue weighted by atomic mass is 9.97. The van der Waals surface area contributed by atoms with E-state index < -0.39 is 78.5 Å². The number of carbonyl (C=O) groups is 6. The van der Waals surface area contributed by atoms with Gasteiger partial charge in [-0.2, -0.15) is 11.8 Å². The smallest absolute Gasteiger partial charge is 0.326 e. The Balaban J connectivity index is 5.55. The summed E-state index contributed by atoms with van der Waals surface area (Å²) in [7, 11) is 0. The van der Waals surface area contributed by atoms with Crippen LogP contribution in [0.4, 0.5) is 0 Å². The van der Waals surface area contributed by atoms with E-state index in [1.54, 1.807) is 20.1 Å². The van der Waals surface area contributed by atoms with Crippen molar-refractivity contribution < 1.29 is 39.0 Å². The molecule has 0 saturated heterocycles. The zero-order valence-electron chi connectivity index (χ0n) is 18.8. The summed E-state index contributed by atoms with van der Waals surface area (Å²) in [4.78, 5) is 71.4. The summed E-state index contributed by atoms with van der Waals surface area (Å²) in [6.07, 6.45) is 1.05. The molecule has 0 heterocycles. The molecule has 0 aromatic heterocycles. The third kappa shape index (κ3) is 11.5. The molecule has 0 saturated carbocycles. The Hall–Kier alpha value is -2.87. The van der Waals surface area contributed by atoms with Gasteiger partial charge >= 0.3 is 11.9 Å². The summed E-state index contributed by atoms with van der Waals surface area (Å²) in [6, 6.07) is -5.32. The molecule has 0 aromatic rings. The van der Waals surface area contributed by atoms with Gasteiger partial charge in [0.1, 0.15) is 18.1 Å². The van der Waals surface area contributed by atoms with Crippen molar-refractivity contribution in [3.8, 4) is 0 Å². The number of carboxylic acids is 2. The Kier molecular flexibility index (Phi) is 13.7. The number of nitrogens with one attached hydrogen (secondary N) is 3. The third-order valence-corrected chi connectivity index (χ3v) is 5.43. The van der Waals surface area contributed by atoms with E-state index in [0.717, 1.165) is 0 Å². The van der Waals surface area contributed by atoms with Crippen molar-refractivity contribution in [3.63, 3.8) is 0 Å². The Morgan fingerprint density at radius 3 is 1.94 bits per heavy atom. The molecular weight excluding hydrogens is 458 g/mol. The number of rotatable bonds is 16. The molecule has 0 aliphatic rings. The fraction of sp³-hybridized carbons (Fsp3) is 0.684. The zero-order valence-corrected chi connectivity index (χ0v) is 19.6. The molecule has 5 atom stereocenters. The van der Waals surface area contributed by atoms with Gasteiger partial charge in [0.25, 0.3) is 0 Å². The van der Waals surface area contributed by atoms with E-state index >= 15 is 0 Å². The van der Waals surface area contributed by atoms with Crippen LogP contribution in [0.1, 0.15) is 39.5 Å². The van der Waals surface area contributed by atoms with Crippen molar-refractivity contribution in [2.75, 3.05) is 12.0 Å². The number of carboxylic acid groups (broad SMARTS) is 2. The van der Waals surface area contributed by atoms with Gasteiger partial charge in [0.15, 0.2) is 0 Å². The Bertz CT molecular complexity index is 735. The second kappa shape index (κ2) is 15.1. The maximum atomic E-state index is 12.9. The number of amides is 4. The van der Waals surface area contributed by atoms with E-state index in [1.807, 2.05) is 0 Å². The predicted molar refractivity (Wildman–Crippen MR) is 120 cm³/mol. The number of aliphatic carboxylic acids is 2. The molecular formula is C19H33N5O8S. The number of nitrogens with two attached hydrogens (primary N) is 2. The van der Waals surface area contributed by atoms with Crippen LogP contribution < -0.4 is 27.4 Å². The molecule has 0 rings (SSSR count). The summed E-state index contributed by atoms with van der Waals surface area (Å²) in [5.74, 6) is -6.13. The topological polar surface area (TPSA) is 231 Å². The van der Waals surface area contributed by atoms with Crippen molar-refractivity contribution in [3.05, 3.63) is 0 Å². The van der Waals surface area contributed by atoms with Crippen LogP contribution in [-0.4, -0.2) is 82.0 Å². The van der Waals surface area contributed by atoms with Gasteiger partial charge in [-0.1, -0.05) is 20.3 Å². The van der Waals surface area contributed by atoms with Gasteiger partial charge in [-0.3, -0.25) is 24.0 Å². The molecule has 0 aromatic carbocycles. The van der Waals surface area contributed by atoms with E-state index in [4.69, 9.17) is 16.6 Å². The lowest BCUT2D eigenvalue weighted by molar-refractivity contribution is -0.142. The molecule has 0 radical (unpaired) electrons. The van der Waals surface area contributed by atoms with Crippen LogP contribution in [0.25, 0.3) is 0 Å². The first-order chi connectivity index (χ1) is 15.3. The molecule has 4 amide bonds. The van der Waals surface area contributed by atoms with Gasteiger partial charge < -0.3 is 37.6 Å². The molecule has 9 N–H and O–H groups in total. The standard InChI is InChI=1S/C19H33N5O8S/c1-4-9(2)15(24-16(28)10(20)7-14(26)27)18(30)23-12(8-13(21)25)17(29)22-11(19(31)32)5-6-33-3/h9-12,15H,4-8,20H2,1-3H3,(H2,21,25)(H,22,29)(H,23,30)(H,24,28)(H,26,27)(H,31,32). The summed E-state index contributed by atoms with van der Waals surface area (Å²) >= 11 is 1.38. The van der Waals surface area contributed by atoms with Crippen LogP contribution >= 0.6 is 11.8 Å². The van der Waals surface area contributed by atoms with Crippen LogP contribution in [-0.2, 0) is 28.8 Å². The summed E-state index contributed by atoms with van der Waals surface area (Å²) in [5, 5.41) is 25.1. The fourth-order valence-corrected chi connectivity index (χ4v) is 3.15. The van der Waals surface area contributed by atoms with Gasteiger partial charge in [0.2, 0.25) is 23.6 Å². The van der Waals surface area contributed by atoms with Gasteiger partial charge in [0, 0.05) is 0 Å². The Morgan fingerprint density at radius 2 is 1.48 bits per heavy atom. The first kappa shape index (κ1) is 30.1. The van der Waals surface area contributed by atoms with Crippen LogP contribution in [0.5, 0.6) is 0 Å². The quantitative estimate of drug-likeness (QED) is 0.125. The van der Waals surface area contributed by atoms with E-state index in [-0.39, 0.29) is 6.42 Å². The predicted octanol–water partition coefficient (Wildman–Crippen LogP) is -2.00. The largest absolute Gasteiger partial charge is 0.481 e. The summed E-state index contributed by atoms with van der Waals surface area (Å²) in [5.41, 5.74) is 10.7. The number of carbonyl (C=O) groups excluding carboxylic acids is 4. The van der Waals surface area contributed by atoms with Crippen LogP contribution in [0, 0.1) is 5.92 Å². The molecule has 13 nitrogen and oxygen atoms in total. The van der Waals surface area contributed by atoms with Crippen molar-refractivity contribution in [2.45, 2.75) is 63.7 Å². The summed E-state index contributed by atoms with van der Waals surface area (Å²) < 4.78 is 0. The molecule has 33 heavy (non-hydrogen) atoms. The second-order valence-corrected chi connectivity index (χ2v) is 8.47. The first-order valence-electron chi connectivity index (χ1n) is 10.2. The maximum absolute atomic E-state index is 12.9. The summed E-state index contributed by atoms with van der Waals surface area (Å²) in [6.45, 7) is 3.38. The van der Waals surface area contributed by atoms with Gasteiger partial charge in [-0.05, 0) is 24.3 Å².